The normalized spacial score (nSPS) is 18.2. The predicted octanol–water partition coefficient (Wildman–Crippen LogP) is 1.32. The second-order valence-corrected chi connectivity index (χ2v) is 8.10. The number of hydrogen-bond acceptors (Lipinski definition) is 5. The summed E-state index contributed by atoms with van der Waals surface area (Å²) in [7, 11) is 3.45. The molecule has 1 aliphatic heterocycles. The molecule has 3 aromatic rings. The molecule has 2 amide bonds. The molecule has 9 nitrogen and oxygen atoms in total. The Hall–Kier alpha value is -3.75. The highest BCUT2D eigenvalue weighted by Gasteiger charge is 2.47. The first kappa shape index (κ1) is 20.5. The maximum atomic E-state index is 13.2. The minimum absolute atomic E-state index is 0.0188. The monoisotopic (exact) mass is 420 g/mol. The van der Waals surface area contributed by atoms with Crippen LogP contribution in [-0.2, 0) is 11.2 Å². The summed E-state index contributed by atoms with van der Waals surface area (Å²) in [4.78, 5) is 46.9. The summed E-state index contributed by atoms with van der Waals surface area (Å²) < 4.78 is 0. The van der Waals surface area contributed by atoms with Crippen molar-refractivity contribution in [2.24, 2.45) is 5.41 Å². The largest absolute Gasteiger partial charge is 0.348 e. The van der Waals surface area contributed by atoms with E-state index in [2.05, 4.69) is 20.2 Å². The number of nitrogens with zero attached hydrogens (tertiary/aromatic N) is 4. The van der Waals surface area contributed by atoms with Crippen LogP contribution in [0.1, 0.15) is 22.6 Å². The Kier molecular flexibility index (Phi) is 5.41. The fourth-order valence-electron chi connectivity index (χ4n) is 4.18. The molecule has 0 bridgehead atoms. The Labute approximate surface area is 179 Å². The molecule has 1 aromatic carbocycles. The number of hydrogen-bond donors (Lipinski definition) is 2. The van der Waals surface area contributed by atoms with E-state index in [1.807, 2.05) is 42.6 Å². The van der Waals surface area contributed by atoms with Crippen LogP contribution < -0.4 is 5.69 Å². The van der Waals surface area contributed by atoms with Gasteiger partial charge in [0, 0.05) is 39.6 Å². The molecular weight excluding hydrogens is 396 g/mol. The molecule has 1 aliphatic rings. The van der Waals surface area contributed by atoms with Crippen LogP contribution >= 0.6 is 0 Å². The van der Waals surface area contributed by atoms with Gasteiger partial charge in [0.25, 0.3) is 5.91 Å². The zero-order valence-electron chi connectivity index (χ0n) is 17.5. The van der Waals surface area contributed by atoms with Crippen molar-refractivity contribution < 1.29 is 9.59 Å². The number of benzene rings is 1. The number of aromatic nitrogens is 4. The smallest absolute Gasteiger partial charge is 0.341 e. The lowest BCUT2D eigenvalue weighted by atomic mass is 9.79. The van der Waals surface area contributed by atoms with Crippen LogP contribution in [0.5, 0.6) is 0 Å². The van der Waals surface area contributed by atoms with E-state index in [0.29, 0.717) is 19.4 Å². The van der Waals surface area contributed by atoms with E-state index in [1.165, 1.54) is 0 Å². The molecule has 0 unspecified atom stereocenters. The maximum absolute atomic E-state index is 13.2. The van der Waals surface area contributed by atoms with Gasteiger partial charge < -0.3 is 9.80 Å². The topological polar surface area (TPSA) is 115 Å². The van der Waals surface area contributed by atoms with Gasteiger partial charge in [0.15, 0.2) is 0 Å². The van der Waals surface area contributed by atoms with E-state index in [0.717, 1.165) is 16.7 Å². The van der Waals surface area contributed by atoms with Crippen molar-refractivity contribution in [3.63, 3.8) is 0 Å². The average Bonchev–Trinajstić information content (AvgIpc) is 3.41. The van der Waals surface area contributed by atoms with Crippen molar-refractivity contribution in [2.75, 3.05) is 27.2 Å². The van der Waals surface area contributed by atoms with Crippen molar-refractivity contribution in [1.29, 1.82) is 0 Å². The summed E-state index contributed by atoms with van der Waals surface area (Å²) in [5.74, 6) is -0.452. The molecule has 160 valence electrons. The third-order valence-corrected chi connectivity index (χ3v) is 5.70. The van der Waals surface area contributed by atoms with Gasteiger partial charge in [0.2, 0.25) is 11.7 Å². The zero-order valence-corrected chi connectivity index (χ0v) is 17.5. The number of aromatic amines is 2. The van der Waals surface area contributed by atoms with E-state index < -0.39 is 17.0 Å². The second kappa shape index (κ2) is 8.17. The highest BCUT2D eigenvalue weighted by Crippen LogP contribution is 2.37. The molecule has 1 saturated heterocycles. The van der Waals surface area contributed by atoms with Crippen LogP contribution in [0.15, 0.2) is 53.6 Å². The summed E-state index contributed by atoms with van der Waals surface area (Å²) in [5.41, 5.74) is 1.83. The van der Waals surface area contributed by atoms with Crippen LogP contribution in [0.25, 0.3) is 11.1 Å². The van der Waals surface area contributed by atoms with E-state index >= 15 is 0 Å². The van der Waals surface area contributed by atoms with Crippen LogP contribution in [0.3, 0.4) is 0 Å². The summed E-state index contributed by atoms with van der Waals surface area (Å²) in [5, 5.41) is 5.93. The first-order valence-corrected chi connectivity index (χ1v) is 10.0. The van der Waals surface area contributed by atoms with Gasteiger partial charge in [-0.3, -0.25) is 19.6 Å². The number of carbonyl (C=O) groups excluding carboxylic acids is 2. The minimum Gasteiger partial charge on any atom is -0.348 e. The number of rotatable bonds is 5. The van der Waals surface area contributed by atoms with Gasteiger partial charge in [0.05, 0.1) is 5.41 Å². The Morgan fingerprint density at radius 2 is 1.94 bits per heavy atom. The number of amides is 2. The predicted molar refractivity (Wildman–Crippen MR) is 114 cm³/mol. The van der Waals surface area contributed by atoms with Gasteiger partial charge in [-0.15, -0.1) is 5.10 Å². The third-order valence-electron chi connectivity index (χ3n) is 5.70. The Morgan fingerprint density at radius 1 is 1.16 bits per heavy atom. The van der Waals surface area contributed by atoms with E-state index in [1.54, 1.807) is 30.1 Å². The van der Waals surface area contributed by atoms with Crippen molar-refractivity contribution in [3.8, 4) is 11.1 Å². The molecule has 4 rings (SSSR count). The van der Waals surface area contributed by atoms with Crippen LogP contribution in [0, 0.1) is 5.41 Å². The highest BCUT2D eigenvalue weighted by molar-refractivity contribution is 5.92. The molecule has 3 heterocycles. The zero-order chi connectivity index (χ0) is 22.0. The highest BCUT2D eigenvalue weighted by atomic mass is 16.2. The number of likely N-dealkylation sites (tertiary alicyclic amines) is 1. The molecule has 0 spiro atoms. The molecule has 0 saturated carbocycles. The fourth-order valence-corrected chi connectivity index (χ4v) is 4.18. The van der Waals surface area contributed by atoms with Crippen molar-refractivity contribution in [3.05, 3.63) is 70.7 Å². The SMILES string of the molecule is CN(C)C(=O)[C@@]1(Cc2ccc(-c3cccnc3)cc2)CCN(C(=O)c2n[nH]c(=O)[nH]2)C1. The first-order chi connectivity index (χ1) is 14.9. The standard InChI is InChI=1S/C22H24N6O3/c1-27(2)20(30)22(9-11-28(14-22)19(29)18-24-21(31)26-25-18)12-15-5-7-16(8-6-15)17-4-3-10-23-13-17/h3-8,10,13H,9,11-12,14H2,1-2H3,(H2,24,25,26,31)/t22-/m1/s1. The fraction of sp³-hybridized carbons (Fsp3) is 0.318. The van der Waals surface area contributed by atoms with Gasteiger partial charge in [-0.25, -0.2) is 9.89 Å². The molecule has 2 N–H and O–H groups in total. The van der Waals surface area contributed by atoms with Crippen molar-refractivity contribution >= 4 is 11.8 Å². The van der Waals surface area contributed by atoms with E-state index in [-0.39, 0.29) is 18.3 Å². The summed E-state index contributed by atoms with van der Waals surface area (Å²) >= 11 is 0. The average molecular weight is 420 g/mol. The van der Waals surface area contributed by atoms with Gasteiger partial charge in [-0.2, -0.15) is 0 Å². The molecular formula is C22H24N6O3. The van der Waals surface area contributed by atoms with Gasteiger partial charge in [-0.1, -0.05) is 30.3 Å². The van der Waals surface area contributed by atoms with Crippen LogP contribution in [0.2, 0.25) is 0 Å². The lowest BCUT2D eigenvalue weighted by Gasteiger charge is -2.31. The van der Waals surface area contributed by atoms with Gasteiger partial charge >= 0.3 is 5.69 Å². The van der Waals surface area contributed by atoms with Gasteiger partial charge in [-0.05, 0) is 35.6 Å². The number of H-pyrrole nitrogens is 2. The Bertz CT molecular complexity index is 1140. The lowest BCUT2D eigenvalue weighted by Crippen LogP contribution is -2.44. The third kappa shape index (κ3) is 4.11. The number of carbonyl (C=O) groups is 2. The molecule has 2 aromatic heterocycles. The molecule has 31 heavy (non-hydrogen) atoms. The Morgan fingerprint density at radius 3 is 2.55 bits per heavy atom. The van der Waals surface area contributed by atoms with Crippen molar-refractivity contribution in [2.45, 2.75) is 12.8 Å². The summed E-state index contributed by atoms with van der Waals surface area (Å²) in [6.45, 7) is 0.684. The second-order valence-electron chi connectivity index (χ2n) is 8.10. The number of pyridine rings is 1. The molecule has 1 fully saturated rings. The summed E-state index contributed by atoms with van der Waals surface area (Å²) in [6.07, 6.45) is 4.60. The molecule has 0 radical (unpaired) electrons. The first-order valence-electron chi connectivity index (χ1n) is 10.0. The molecule has 0 aliphatic carbocycles. The molecule has 9 heteroatoms. The Balaban J connectivity index is 1.57. The summed E-state index contributed by atoms with van der Waals surface area (Å²) in [6, 6.07) is 12.0. The lowest BCUT2D eigenvalue weighted by molar-refractivity contribution is -0.138. The van der Waals surface area contributed by atoms with Crippen LogP contribution in [0.4, 0.5) is 0 Å². The van der Waals surface area contributed by atoms with E-state index in [4.69, 9.17) is 0 Å². The number of nitrogens with one attached hydrogen (secondary N) is 2. The van der Waals surface area contributed by atoms with Crippen molar-refractivity contribution in [1.82, 2.24) is 30.0 Å². The minimum atomic E-state index is -0.731. The quantitative estimate of drug-likeness (QED) is 0.646. The molecule has 1 atom stereocenters. The maximum Gasteiger partial charge on any atom is 0.341 e. The van der Waals surface area contributed by atoms with Crippen LogP contribution in [-0.4, -0.2) is 69.0 Å². The van der Waals surface area contributed by atoms with E-state index in [9.17, 15) is 14.4 Å². The van der Waals surface area contributed by atoms with Gasteiger partial charge in [0.1, 0.15) is 0 Å².